The van der Waals surface area contributed by atoms with Crippen molar-refractivity contribution in [1.29, 1.82) is 0 Å². The first-order valence-corrected chi connectivity index (χ1v) is 7.21. The van der Waals surface area contributed by atoms with Crippen LogP contribution in [0.25, 0.3) is 0 Å². The molecule has 1 fully saturated rings. The topological polar surface area (TPSA) is 65.1 Å². The molecule has 0 amide bonds. The molecule has 1 saturated carbocycles. The first-order valence-electron chi connectivity index (χ1n) is 6.42. The Morgan fingerprint density at radius 3 is 3.00 bits per heavy atom. The van der Waals surface area contributed by atoms with Crippen molar-refractivity contribution in [2.75, 3.05) is 13.7 Å². The highest BCUT2D eigenvalue weighted by Crippen LogP contribution is 2.36. The number of hydrogen-bond acceptors (Lipinski definition) is 4. The number of hydrogen-bond donors (Lipinski definition) is 2. The van der Waals surface area contributed by atoms with Gasteiger partial charge < -0.3 is 4.74 Å². The second-order valence-electron chi connectivity index (χ2n) is 4.85. The summed E-state index contributed by atoms with van der Waals surface area (Å²) in [7, 11) is 1.70. The highest BCUT2D eigenvalue weighted by atomic mass is 79.9. The second-order valence-corrected chi connectivity index (χ2v) is 5.70. The lowest BCUT2D eigenvalue weighted by Crippen LogP contribution is -2.33. The van der Waals surface area contributed by atoms with Gasteiger partial charge in [-0.25, -0.2) is 0 Å². The smallest absolute Gasteiger partial charge is 0.0710 e. The molecule has 1 aliphatic rings. The Kier molecular flexibility index (Phi) is 5.17. The van der Waals surface area contributed by atoms with Gasteiger partial charge in [0.2, 0.25) is 0 Å². The number of methoxy groups -OCH3 is 1. The maximum absolute atomic E-state index is 5.71. The van der Waals surface area contributed by atoms with Gasteiger partial charge in [0.05, 0.1) is 35.6 Å². The van der Waals surface area contributed by atoms with E-state index >= 15 is 0 Å². The molecule has 1 aromatic rings. The molecule has 3 N–H and O–H groups in total. The van der Waals surface area contributed by atoms with Crippen LogP contribution < -0.4 is 11.3 Å². The van der Waals surface area contributed by atoms with E-state index in [4.69, 9.17) is 10.6 Å². The van der Waals surface area contributed by atoms with Crippen molar-refractivity contribution in [3.63, 3.8) is 0 Å². The first kappa shape index (κ1) is 14.0. The van der Waals surface area contributed by atoms with E-state index in [1.807, 2.05) is 10.9 Å². The lowest BCUT2D eigenvalue weighted by atomic mass is 9.80. The molecular weight excluding hydrogens is 296 g/mol. The summed E-state index contributed by atoms with van der Waals surface area (Å²) in [4.78, 5) is 0. The van der Waals surface area contributed by atoms with Crippen LogP contribution in [0.4, 0.5) is 0 Å². The number of hydrazine groups is 1. The van der Waals surface area contributed by atoms with Crippen LogP contribution >= 0.6 is 15.9 Å². The molecule has 0 bridgehead atoms. The van der Waals surface area contributed by atoms with E-state index in [0.717, 1.165) is 29.1 Å². The summed E-state index contributed by atoms with van der Waals surface area (Å²) in [5.41, 5.74) is 4.06. The third-order valence-corrected chi connectivity index (χ3v) is 4.28. The number of ether oxygens (including phenoxy) is 1. The van der Waals surface area contributed by atoms with Crippen molar-refractivity contribution in [3.05, 3.63) is 16.4 Å². The Morgan fingerprint density at radius 2 is 2.44 bits per heavy atom. The van der Waals surface area contributed by atoms with E-state index in [1.165, 1.54) is 19.3 Å². The summed E-state index contributed by atoms with van der Waals surface area (Å²) in [6, 6.07) is 0.157. The van der Waals surface area contributed by atoms with E-state index in [2.05, 4.69) is 26.5 Å². The minimum Gasteiger partial charge on any atom is -0.383 e. The van der Waals surface area contributed by atoms with Crippen LogP contribution in [0.5, 0.6) is 0 Å². The molecule has 6 heteroatoms. The van der Waals surface area contributed by atoms with Crippen LogP contribution in [0.15, 0.2) is 10.7 Å². The molecule has 0 saturated heterocycles. The molecule has 1 aromatic heterocycles. The quantitative estimate of drug-likeness (QED) is 0.596. The summed E-state index contributed by atoms with van der Waals surface area (Å²) < 4.78 is 8.09. The third kappa shape index (κ3) is 3.12. The summed E-state index contributed by atoms with van der Waals surface area (Å²) in [6.45, 7) is 1.40. The maximum atomic E-state index is 5.71. The van der Waals surface area contributed by atoms with E-state index in [-0.39, 0.29) is 6.04 Å². The predicted octanol–water partition coefficient (Wildman–Crippen LogP) is 1.99. The van der Waals surface area contributed by atoms with E-state index in [0.29, 0.717) is 6.61 Å². The Bertz CT molecular complexity index is 378. The molecule has 0 aliphatic heterocycles. The highest BCUT2D eigenvalue weighted by Gasteiger charge is 2.26. The Morgan fingerprint density at radius 1 is 1.67 bits per heavy atom. The normalized spacial score (nSPS) is 17.7. The molecule has 0 spiro atoms. The minimum atomic E-state index is 0.157. The van der Waals surface area contributed by atoms with Gasteiger partial charge in [-0.3, -0.25) is 16.0 Å². The summed E-state index contributed by atoms with van der Waals surface area (Å²) >= 11 is 3.56. The van der Waals surface area contributed by atoms with Crippen molar-refractivity contribution in [1.82, 2.24) is 15.2 Å². The zero-order chi connectivity index (χ0) is 13.0. The standard InChI is InChI=1S/C12H21BrN4O/c1-18-6-5-17-12(10(13)8-15-17)11(16-14)7-9-3-2-4-9/h8-9,11,16H,2-7,14H2,1H3. The van der Waals surface area contributed by atoms with Gasteiger partial charge in [-0.1, -0.05) is 19.3 Å². The van der Waals surface area contributed by atoms with Crippen molar-refractivity contribution >= 4 is 15.9 Å². The lowest BCUT2D eigenvalue weighted by Gasteiger charge is -2.29. The Labute approximate surface area is 116 Å². The first-order chi connectivity index (χ1) is 8.76. The largest absolute Gasteiger partial charge is 0.383 e. The fourth-order valence-electron chi connectivity index (χ4n) is 2.39. The molecule has 5 nitrogen and oxygen atoms in total. The minimum absolute atomic E-state index is 0.157. The summed E-state index contributed by atoms with van der Waals surface area (Å²) in [5, 5.41) is 4.37. The Hall–Kier alpha value is -0.430. The fourth-order valence-corrected chi connectivity index (χ4v) is 2.97. The van der Waals surface area contributed by atoms with Gasteiger partial charge in [0.15, 0.2) is 0 Å². The summed E-state index contributed by atoms with van der Waals surface area (Å²) in [6.07, 6.45) is 6.90. The number of aromatic nitrogens is 2. The van der Waals surface area contributed by atoms with Crippen molar-refractivity contribution in [2.24, 2.45) is 11.8 Å². The third-order valence-electron chi connectivity index (χ3n) is 3.67. The molecule has 1 unspecified atom stereocenters. The second kappa shape index (κ2) is 6.65. The molecule has 2 rings (SSSR count). The van der Waals surface area contributed by atoms with Crippen molar-refractivity contribution in [2.45, 2.75) is 38.3 Å². The van der Waals surface area contributed by atoms with Gasteiger partial charge >= 0.3 is 0 Å². The number of rotatable bonds is 7. The SMILES string of the molecule is COCCn1ncc(Br)c1C(CC1CCC1)NN. The lowest BCUT2D eigenvalue weighted by molar-refractivity contribution is 0.180. The van der Waals surface area contributed by atoms with Crippen LogP contribution in [-0.4, -0.2) is 23.5 Å². The zero-order valence-corrected chi connectivity index (χ0v) is 12.3. The van der Waals surface area contributed by atoms with Gasteiger partial charge in [-0.15, -0.1) is 0 Å². The van der Waals surface area contributed by atoms with Crippen LogP contribution in [-0.2, 0) is 11.3 Å². The van der Waals surface area contributed by atoms with Crippen LogP contribution in [0.3, 0.4) is 0 Å². The Balaban J connectivity index is 2.09. The number of halogens is 1. The van der Waals surface area contributed by atoms with Crippen molar-refractivity contribution in [3.8, 4) is 0 Å². The van der Waals surface area contributed by atoms with E-state index < -0.39 is 0 Å². The van der Waals surface area contributed by atoms with Gasteiger partial charge in [-0.2, -0.15) is 5.10 Å². The van der Waals surface area contributed by atoms with Crippen LogP contribution in [0.2, 0.25) is 0 Å². The maximum Gasteiger partial charge on any atom is 0.0710 e. The van der Waals surface area contributed by atoms with Gasteiger partial charge in [0.1, 0.15) is 0 Å². The summed E-state index contributed by atoms with van der Waals surface area (Å²) in [5.74, 6) is 6.51. The van der Waals surface area contributed by atoms with Crippen molar-refractivity contribution < 1.29 is 4.74 Å². The zero-order valence-electron chi connectivity index (χ0n) is 10.7. The average Bonchev–Trinajstić information content (AvgIpc) is 2.68. The van der Waals surface area contributed by atoms with Crippen LogP contribution in [0, 0.1) is 5.92 Å². The van der Waals surface area contributed by atoms with Gasteiger partial charge in [0.25, 0.3) is 0 Å². The number of nitrogens with two attached hydrogens (primary N) is 1. The van der Waals surface area contributed by atoms with E-state index in [1.54, 1.807) is 7.11 Å². The predicted molar refractivity (Wildman–Crippen MR) is 73.8 cm³/mol. The number of nitrogens with zero attached hydrogens (tertiary/aromatic N) is 2. The molecule has 1 heterocycles. The molecule has 0 radical (unpaired) electrons. The fraction of sp³-hybridized carbons (Fsp3) is 0.750. The molecule has 1 aliphatic carbocycles. The average molecular weight is 317 g/mol. The van der Waals surface area contributed by atoms with Gasteiger partial charge in [0, 0.05) is 7.11 Å². The molecular formula is C12H21BrN4O. The molecule has 1 atom stereocenters. The van der Waals surface area contributed by atoms with Gasteiger partial charge in [-0.05, 0) is 28.3 Å². The molecule has 18 heavy (non-hydrogen) atoms. The highest BCUT2D eigenvalue weighted by molar-refractivity contribution is 9.10. The molecule has 0 aromatic carbocycles. The molecule has 102 valence electrons. The monoisotopic (exact) mass is 316 g/mol. The van der Waals surface area contributed by atoms with Crippen LogP contribution in [0.1, 0.15) is 37.4 Å². The number of nitrogens with one attached hydrogen (secondary N) is 1. The van der Waals surface area contributed by atoms with E-state index in [9.17, 15) is 0 Å².